The van der Waals surface area contributed by atoms with Crippen molar-refractivity contribution in [2.24, 2.45) is 0 Å². The first-order valence-electron chi connectivity index (χ1n) is 11.3. The summed E-state index contributed by atoms with van der Waals surface area (Å²) >= 11 is 0. The van der Waals surface area contributed by atoms with Crippen LogP contribution in [0.2, 0.25) is 0 Å². The fourth-order valence-electron chi connectivity index (χ4n) is 4.21. The van der Waals surface area contributed by atoms with E-state index in [1.807, 2.05) is 6.92 Å². The van der Waals surface area contributed by atoms with Crippen molar-refractivity contribution in [2.45, 2.75) is 13.0 Å². The van der Waals surface area contributed by atoms with Crippen LogP contribution in [0.15, 0.2) is 72.3 Å². The number of Topliss-reactive ketones (excluding diaryl/α,β-unsaturated/α-hetero) is 1. The van der Waals surface area contributed by atoms with Gasteiger partial charge in [0.05, 0.1) is 39.6 Å². The Balaban J connectivity index is 1.92. The van der Waals surface area contributed by atoms with E-state index in [2.05, 4.69) is 0 Å². The van der Waals surface area contributed by atoms with Crippen molar-refractivity contribution in [3.8, 4) is 23.0 Å². The van der Waals surface area contributed by atoms with Gasteiger partial charge in [-0.05, 0) is 67.6 Å². The molecule has 1 amide bonds. The maximum atomic E-state index is 13.4. The number of hydrogen-bond donors (Lipinski definition) is 1. The number of ether oxygens (including phenoxy) is 4. The van der Waals surface area contributed by atoms with Gasteiger partial charge < -0.3 is 24.1 Å². The standard InChI is InChI=1S/C28H27NO7/c1-5-36-20-10-6-17(7-11-20)26(30)24-25(22-15-14-21(34-3)16-23(22)35-4)29(28(32)27(24)31)18-8-12-19(33-2)13-9-18/h6-16,25,30H,5H2,1-4H3/b26-24+. The zero-order chi connectivity index (χ0) is 25.8. The van der Waals surface area contributed by atoms with Crippen LogP contribution in [0.3, 0.4) is 0 Å². The Morgan fingerprint density at radius 1 is 0.833 bits per heavy atom. The summed E-state index contributed by atoms with van der Waals surface area (Å²) in [6.45, 7) is 2.37. The minimum Gasteiger partial charge on any atom is -0.507 e. The Hall–Kier alpha value is -4.46. The highest BCUT2D eigenvalue weighted by Crippen LogP contribution is 2.46. The second kappa shape index (κ2) is 10.4. The topological polar surface area (TPSA) is 94.5 Å². The van der Waals surface area contributed by atoms with Crippen molar-refractivity contribution in [3.05, 3.63) is 83.4 Å². The van der Waals surface area contributed by atoms with Gasteiger partial charge in [0.15, 0.2) is 0 Å². The number of benzene rings is 3. The van der Waals surface area contributed by atoms with Crippen LogP contribution in [0.25, 0.3) is 5.76 Å². The number of methoxy groups -OCH3 is 3. The van der Waals surface area contributed by atoms with E-state index >= 15 is 0 Å². The minimum absolute atomic E-state index is 0.0524. The average molecular weight is 490 g/mol. The average Bonchev–Trinajstić information content (AvgIpc) is 3.18. The van der Waals surface area contributed by atoms with Gasteiger partial charge in [-0.1, -0.05) is 0 Å². The number of aliphatic hydroxyl groups excluding tert-OH is 1. The highest BCUT2D eigenvalue weighted by atomic mass is 16.5. The lowest BCUT2D eigenvalue weighted by molar-refractivity contribution is -0.132. The molecule has 1 atom stereocenters. The maximum Gasteiger partial charge on any atom is 0.300 e. The molecule has 1 aliphatic rings. The normalized spacial score (nSPS) is 16.7. The van der Waals surface area contributed by atoms with Crippen LogP contribution in [0.5, 0.6) is 23.0 Å². The van der Waals surface area contributed by atoms with Crippen molar-refractivity contribution < 1.29 is 33.6 Å². The summed E-state index contributed by atoms with van der Waals surface area (Å²) in [5.74, 6) is 0.302. The quantitative estimate of drug-likeness (QED) is 0.278. The number of amides is 1. The van der Waals surface area contributed by atoms with Crippen LogP contribution < -0.4 is 23.8 Å². The number of rotatable bonds is 8. The summed E-state index contributed by atoms with van der Waals surface area (Å²) in [5, 5.41) is 11.3. The number of hydrogen-bond acceptors (Lipinski definition) is 7. The van der Waals surface area contributed by atoms with Crippen molar-refractivity contribution in [2.75, 3.05) is 32.8 Å². The molecule has 0 saturated carbocycles. The molecule has 0 radical (unpaired) electrons. The first kappa shape index (κ1) is 24.7. The second-order valence-corrected chi connectivity index (χ2v) is 7.93. The first-order chi connectivity index (χ1) is 17.4. The second-order valence-electron chi connectivity index (χ2n) is 7.93. The van der Waals surface area contributed by atoms with Crippen molar-refractivity contribution in [1.82, 2.24) is 0 Å². The summed E-state index contributed by atoms with van der Waals surface area (Å²) in [6.07, 6.45) is 0. The molecule has 3 aromatic carbocycles. The van der Waals surface area contributed by atoms with Crippen LogP contribution in [0, 0.1) is 0 Å². The van der Waals surface area contributed by atoms with Crippen molar-refractivity contribution in [1.29, 1.82) is 0 Å². The van der Waals surface area contributed by atoms with E-state index in [-0.39, 0.29) is 11.3 Å². The van der Waals surface area contributed by atoms with E-state index in [0.717, 1.165) is 0 Å². The number of aliphatic hydroxyl groups is 1. The molecule has 1 saturated heterocycles. The van der Waals surface area contributed by atoms with E-state index < -0.39 is 17.7 Å². The maximum absolute atomic E-state index is 13.4. The first-order valence-corrected chi connectivity index (χ1v) is 11.3. The zero-order valence-corrected chi connectivity index (χ0v) is 20.5. The number of nitrogens with zero attached hydrogens (tertiary/aromatic N) is 1. The molecule has 36 heavy (non-hydrogen) atoms. The van der Waals surface area contributed by atoms with Crippen LogP contribution in [0.4, 0.5) is 5.69 Å². The Kier molecular flexibility index (Phi) is 7.15. The highest BCUT2D eigenvalue weighted by Gasteiger charge is 2.48. The van der Waals surface area contributed by atoms with Gasteiger partial charge in [0.25, 0.3) is 11.7 Å². The molecule has 8 heteroatoms. The molecule has 0 aliphatic carbocycles. The van der Waals surface area contributed by atoms with Crippen molar-refractivity contribution >= 4 is 23.1 Å². The Labute approximate surface area is 209 Å². The number of carbonyl (C=O) groups is 2. The summed E-state index contributed by atoms with van der Waals surface area (Å²) in [5.41, 5.74) is 1.31. The van der Waals surface area contributed by atoms with Crippen LogP contribution in [0.1, 0.15) is 24.1 Å². The molecule has 3 aromatic rings. The highest BCUT2D eigenvalue weighted by molar-refractivity contribution is 6.51. The molecule has 0 aromatic heterocycles. The molecular weight excluding hydrogens is 462 g/mol. The molecule has 0 bridgehead atoms. The van der Waals surface area contributed by atoms with Gasteiger partial charge in [-0.3, -0.25) is 14.5 Å². The third-order valence-electron chi connectivity index (χ3n) is 5.97. The smallest absolute Gasteiger partial charge is 0.300 e. The third kappa shape index (κ3) is 4.45. The number of ketones is 1. The van der Waals surface area contributed by atoms with Crippen LogP contribution in [-0.2, 0) is 9.59 Å². The van der Waals surface area contributed by atoms with Gasteiger partial charge >= 0.3 is 0 Å². The third-order valence-corrected chi connectivity index (χ3v) is 5.97. The molecule has 1 fully saturated rings. The largest absolute Gasteiger partial charge is 0.507 e. The predicted molar refractivity (Wildman–Crippen MR) is 135 cm³/mol. The number of anilines is 1. The zero-order valence-electron chi connectivity index (χ0n) is 20.5. The monoisotopic (exact) mass is 489 g/mol. The van der Waals surface area contributed by atoms with E-state index in [1.165, 1.54) is 19.1 Å². The summed E-state index contributed by atoms with van der Waals surface area (Å²) < 4.78 is 21.6. The molecule has 4 rings (SSSR count). The SMILES string of the molecule is CCOc1ccc(/C(O)=C2\C(=O)C(=O)N(c3ccc(OC)cc3)C2c2ccc(OC)cc2OC)cc1. The van der Waals surface area contributed by atoms with E-state index in [4.69, 9.17) is 18.9 Å². The van der Waals surface area contributed by atoms with Crippen molar-refractivity contribution in [3.63, 3.8) is 0 Å². The van der Waals surface area contributed by atoms with Gasteiger partial charge in [0.1, 0.15) is 28.8 Å². The predicted octanol–water partition coefficient (Wildman–Crippen LogP) is 4.74. The fourth-order valence-corrected chi connectivity index (χ4v) is 4.21. The Bertz CT molecular complexity index is 1300. The van der Waals surface area contributed by atoms with E-state index in [1.54, 1.807) is 73.8 Å². The lowest BCUT2D eigenvalue weighted by Gasteiger charge is -2.27. The van der Waals surface area contributed by atoms with E-state index in [9.17, 15) is 14.7 Å². The van der Waals surface area contributed by atoms with Gasteiger partial charge in [0.2, 0.25) is 0 Å². The Morgan fingerprint density at radius 2 is 1.44 bits per heavy atom. The fraction of sp³-hybridized carbons (Fsp3) is 0.214. The van der Waals surface area contributed by atoms with Crippen LogP contribution in [-0.4, -0.2) is 44.7 Å². The lowest BCUT2D eigenvalue weighted by atomic mass is 9.94. The molecule has 186 valence electrons. The molecule has 0 spiro atoms. The molecule has 1 heterocycles. The lowest BCUT2D eigenvalue weighted by Crippen LogP contribution is -2.29. The van der Waals surface area contributed by atoms with Gasteiger partial charge in [-0.25, -0.2) is 0 Å². The summed E-state index contributed by atoms with van der Waals surface area (Å²) in [4.78, 5) is 28.1. The van der Waals surface area contributed by atoms with E-state index in [0.29, 0.717) is 46.4 Å². The summed E-state index contributed by atoms with van der Waals surface area (Å²) in [6, 6.07) is 17.6. The molecule has 1 aliphatic heterocycles. The Morgan fingerprint density at radius 3 is 2.03 bits per heavy atom. The summed E-state index contributed by atoms with van der Waals surface area (Å²) in [7, 11) is 4.56. The van der Waals surface area contributed by atoms with Gasteiger partial charge in [0, 0.05) is 22.9 Å². The molecule has 1 N–H and O–H groups in total. The number of carbonyl (C=O) groups excluding carboxylic acids is 2. The van der Waals surface area contributed by atoms with Gasteiger partial charge in [-0.15, -0.1) is 0 Å². The molecule has 1 unspecified atom stereocenters. The van der Waals surface area contributed by atoms with Gasteiger partial charge in [-0.2, -0.15) is 0 Å². The molecular formula is C28H27NO7. The van der Waals surface area contributed by atoms with Crippen LogP contribution >= 0.6 is 0 Å². The minimum atomic E-state index is -0.953. The molecule has 8 nitrogen and oxygen atoms in total.